The normalized spacial score (nSPS) is 11.0. The van der Waals surface area contributed by atoms with Gasteiger partial charge < -0.3 is 4.52 Å². The van der Waals surface area contributed by atoms with Gasteiger partial charge in [-0.1, -0.05) is 42.1 Å². The standard InChI is InChI=1S/C16H16N4O2S/c1-3-9-20-15(21)11-7-5-6-8-12(11)17-16(20)23-10-14-18-13(4-2)19-22-14/h3,5-8H,1,4,9-10H2,2H3. The van der Waals surface area contributed by atoms with Crippen LogP contribution in [0.15, 0.2) is 51.4 Å². The van der Waals surface area contributed by atoms with E-state index in [1.165, 1.54) is 11.8 Å². The van der Waals surface area contributed by atoms with Crippen LogP contribution in [-0.2, 0) is 18.7 Å². The van der Waals surface area contributed by atoms with Crippen LogP contribution in [0.1, 0.15) is 18.6 Å². The van der Waals surface area contributed by atoms with Gasteiger partial charge in [0, 0.05) is 13.0 Å². The highest BCUT2D eigenvalue weighted by atomic mass is 32.2. The van der Waals surface area contributed by atoms with E-state index >= 15 is 0 Å². The molecule has 0 atom stereocenters. The van der Waals surface area contributed by atoms with E-state index in [4.69, 9.17) is 4.52 Å². The van der Waals surface area contributed by atoms with Crippen LogP contribution in [-0.4, -0.2) is 19.7 Å². The van der Waals surface area contributed by atoms with E-state index in [0.717, 1.165) is 6.42 Å². The number of aromatic nitrogens is 4. The summed E-state index contributed by atoms with van der Waals surface area (Å²) in [5.74, 6) is 1.67. The number of allylic oxidation sites excluding steroid dienone is 1. The molecule has 0 aliphatic heterocycles. The Morgan fingerprint density at radius 3 is 2.91 bits per heavy atom. The van der Waals surface area contributed by atoms with Crippen LogP contribution >= 0.6 is 11.8 Å². The molecule has 7 heteroatoms. The van der Waals surface area contributed by atoms with Crippen LogP contribution in [0, 0.1) is 0 Å². The van der Waals surface area contributed by atoms with Crippen molar-refractivity contribution in [3.63, 3.8) is 0 Å². The SMILES string of the molecule is C=CCn1c(SCc2nc(CC)no2)nc2ccccc2c1=O. The van der Waals surface area contributed by atoms with Gasteiger partial charge in [-0.15, -0.1) is 6.58 Å². The van der Waals surface area contributed by atoms with Crippen molar-refractivity contribution >= 4 is 22.7 Å². The molecule has 0 saturated carbocycles. The Morgan fingerprint density at radius 1 is 1.35 bits per heavy atom. The molecule has 23 heavy (non-hydrogen) atoms. The fraction of sp³-hybridized carbons (Fsp3) is 0.250. The Labute approximate surface area is 137 Å². The maximum Gasteiger partial charge on any atom is 0.262 e. The highest BCUT2D eigenvalue weighted by molar-refractivity contribution is 7.98. The summed E-state index contributed by atoms with van der Waals surface area (Å²) in [6.07, 6.45) is 2.41. The van der Waals surface area contributed by atoms with Gasteiger partial charge >= 0.3 is 0 Å². The first-order valence-corrected chi connectivity index (χ1v) is 8.26. The number of hydrogen-bond acceptors (Lipinski definition) is 6. The molecule has 1 aromatic carbocycles. The first-order chi connectivity index (χ1) is 11.2. The predicted octanol–water partition coefficient (Wildman–Crippen LogP) is 2.82. The second-order valence-electron chi connectivity index (χ2n) is 4.86. The molecule has 2 heterocycles. The summed E-state index contributed by atoms with van der Waals surface area (Å²) in [6, 6.07) is 7.32. The van der Waals surface area contributed by atoms with E-state index in [9.17, 15) is 4.79 Å². The zero-order valence-electron chi connectivity index (χ0n) is 12.7. The number of thioether (sulfide) groups is 1. The summed E-state index contributed by atoms with van der Waals surface area (Å²) < 4.78 is 6.79. The number of benzene rings is 1. The van der Waals surface area contributed by atoms with E-state index in [2.05, 4.69) is 21.7 Å². The van der Waals surface area contributed by atoms with Crippen LogP contribution in [0.5, 0.6) is 0 Å². The van der Waals surface area contributed by atoms with Gasteiger partial charge in [0.1, 0.15) is 0 Å². The zero-order valence-corrected chi connectivity index (χ0v) is 13.5. The summed E-state index contributed by atoms with van der Waals surface area (Å²) in [5.41, 5.74) is 0.609. The molecule has 0 unspecified atom stereocenters. The average Bonchev–Trinajstić information content (AvgIpc) is 3.04. The topological polar surface area (TPSA) is 73.8 Å². The number of fused-ring (bicyclic) bond motifs is 1. The minimum atomic E-state index is -0.0715. The van der Waals surface area contributed by atoms with Crippen molar-refractivity contribution in [2.45, 2.75) is 30.8 Å². The molecule has 0 saturated heterocycles. The van der Waals surface area contributed by atoms with E-state index in [0.29, 0.717) is 40.1 Å². The lowest BCUT2D eigenvalue weighted by molar-refractivity contribution is 0.385. The van der Waals surface area contributed by atoms with Gasteiger partial charge in [0.05, 0.1) is 16.7 Å². The molecular weight excluding hydrogens is 312 g/mol. The van der Waals surface area contributed by atoms with E-state index < -0.39 is 0 Å². The van der Waals surface area contributed by atoms with E-state index in [-0.39, 0.29) is 5.56 Å². The Bertz CT molecular complexity index is 900. The second kappa shape index (κ2) is 6.78. The number of nitrogens with zero attached hydrogens (tertiary/aromatic N) is 4. The van der Waals surface area contributed by atoms with Gasteiger partial charge in [-0.05, 0) is 12.1 Å². The van der Waals surface area contributed by atoms with Gasteiger partial charge in [-0.2, -0.15) is 4.98 Å². The lowest BCUT2D eigenvalue weighted by Gasteiger charge is -2.10. The third-order valence-corrected chi connectivity index (χ3v) is 4.25. The molecule has 3 aromatic rings. The Balaban J connectivity index is 1.96. The van der Waals surface area contributed by atoms with Crippen LogP contribution in [0.4, 0.5) is 0 Å². The summed E-state index contributed by atoms with van der Waals surface area (Å²) in [4.78, 5) is 21.5. The van der Waals surface area contributed by atoms with Crippen molar-refractivity contribution in [1.82, 2.24) is 19.7 Å². The van der Waals surface area contributed by atoms with Gasteiger partial charge in [-0.3, -0.25) is 9.36 Å². The van der Waals surface area contributed by atoms with Crippen LogP contribution < -0.4 is 5.56 Å². The van der Waals surface area contributed by atoms with Gasteiger partial charge in [0.2, 0.25) is 5.89 Å². The van der Waals surface area contributed by atoms with Crippen molar-refractivity contribution < 1.29 is 4.52 Å². The maximum atomic E-state index is 12.6. The number of aryl methyl sites for hydroxylation is 1. The van der Waals surface area contributed by atoms with Crippen molar-refractivity contribution in [2.75, 3.05) is 0 Å². The quantitative estimate of drug-likeness (QED) is 0.393. The van der Waals surface area contributed by atoms with Crippen LogP contribution in [0.25, 0.3) is 10.9 Å². The number of hydrogen-bond donors (Lipinski definition) is 0. The summed E-state index contributed by atoms with van der Waals surface area (Å²) in [5, 5.41) is 5.09. The lowest BCUT2D eigenvalue weighted by atomic mass is 10.2. The highest BCUT2D eigenvalue weighted by Gasteiger charge is 2.12. The number of para-hydroxylation sites is 1. The molecule has 0 aliphatic rings. The van der Waals surface area contributed by atoms with Gasteiger partial charge in [-0.25, -0.2) is 4.98 Å². The molecule has 2 aromatic heterocycles. The van der Waals surface area contributed by atoms with Gasteiger partial charge in [0.25, 0.3) is 5.56 Å². The molecule has 118 valence electrons. The van der Waals surface area contributed by atoms with Crippen molar-refractivity contribution in [1.29, 1.82) is 0 Å². The first kappa shape index (κ1) is 15.5. The third-order valence-electron chi connectivity index (χ3n) is 3.29. The van der Waals surface area contributed by atoms with Crippen molar-refractivity contribution in [2.24, 2.45) is 0 Å². The number of rotatable bonds is 6. The average molecular weight is 328 g/mol. The molecule has 0 amide bonds. The Hall–Kier alpha value is -2.41. The third kappa shape index (κ3) is 3.19. The lowest BCUT2D eigenvalue weighted by Crippen LogP contribution is -2.22. The van der Waals surface area contributed by atoms with Crippen LogP contribution in [0.2, 0.25) is 0 Å². The predicted molar refractivity (Wildman–Crippen MR) is 89.4 cm³/mol. The highest BCUT2D eigenvalue weighted by Crippen LogP contribution is 2.21. The van der Waals surface area contributed by atoms with E-state index in [1.807, 2.05) is 25.1 Å². The molecule has 6 nitrogen and oxygen atoms in total. The van der Waals surface area contributed by atoms with Crippen molar-refractivity contribution in [3.8, 4) is 0 Å². The Morgan fingerprint density at radius 2 is 2.17 bits per heavy atom. The van der Waals surface area contributed by atoms with Gasteiger partial charge in [0.15, 0.2) is 11.0 Å². The molecule has 0 fully saturated rings. The second-order valence-corrected chi connectivity index (χ2v) is 5.81. The minimum Gasteiger partial charge on any atom is -0.338 e. The summed E-state index contributed by atoms with van der Waals surface area (Å²) in [6.45, 7) is 6.09. The summed E-state index contributed by atoms with van der Waals surface area (Å²) >= 11 is 1.40. The minimum absolute atomic E-state index is 0.0715. The fourth-order valence-electron chi connectivity index (χ4n) is 2.17. The largest absolute Gasteiger partial charge is 0.338 e. The molecule has 0 aliphatic carbocycles. The Kier molecular flexibility index (Phi) is 4.57. The first-order valence-electron chi connectivity index (χ1n) is 7.27. The molecule has 0 spiro atoms. The molecular formula is C16H16N4O2S. The van der Waals surface area contributed by atoms with Crippen molar-refractivity contribution in [3.05, 3.63) is 59.0 Å². The summed E-state index contributed by atoms with van der Waals surface area (Å²) in [7, 11) is 0. The fourth-order valence-corrected chi connectivity index (χ4v) is 3.01. The molecule has 3 rings (SSSR count). The maximum absolute atomic E-state index is 12.6. The smallest absolute Gasteiger partial charge is 0.262 e. The molecule has 0 N–H and O–H groups in total. The monoisotopic (exact) mass is 328 g/mol. The van der Waals surface area contributed by atoms with E-state index in [1.54, 1.807) is 16.7 Å². The molecule has 0 bridgehead atoms. The van der Waals surface area contributed by atoms with Crippen LogP contribution in [0.3, 0.4) is 0 Å². The molecule has 0 radical (unpaired) electrons. The zero-order chi connectivity index (χ0) is 16.2.